The van der Waals surface area contributed by atoms with E-state index in [4.69, 9.17) is 10.7 Å². The highest BCUT2D eigenvalue weighted by atomic mass is 35.7. The number of pyridine rings is 1. The maximum absolute atomic E-state index is 11.3. The highest BCUT2D eigenvalue weighted by Crippen LogP contribution is 2.25. The van der Waals surface area contributed by atoms with Crippen molar-refractivity contribution in [3.05, 3.63) is 36.2 Å². The lowest BCUT2D eigenvalue weighted by Gasteiger charge is -2.03. The first-order valence-corrected chi connectivity index (χ1v) is 6.59. The van der Waals surface area contributed by atoms with Crippen molar-refractivity contribution in [2.75, 3.05) is 0 Å². The Labute approximate surface area is 92.1 Å². The summed E-state index contributed by atoms with van der Waals surface area (Å²) in [6.45, 7) is 1.85. The summed E-state index contributed by atoms with van der Waals surface area (Å²) in [5.41, 5.74) is 0.839. The second kappa shape index (κ2) is 3.47. The Balaban J connectivity index is 2.89. The van der Waals surface area contributed by atoms with E-state index in [2.05, 4.69) is 4.98 Å². The largest absolute Gasteiger partial charge is 0.261 e. The number of halogens is 1. The fourth-order valence-electron chi connectivity index (χ4n) is 1.47. The van der Waals surface area contributed by atoms with Gasteiger partial charge in [-0.25, -0.2) is 8.42 Å². The Bertz CT molecular complexity index is 622. The number of nitrogens with zero attached hydrogens (tertiary/aromatic N) is 1. The zero-order chi connectivity index (χ0) is 11.1. The van der Waals surface area contributed by atoms with E-state index in [1.165, 1.54) is 12.3 Å². The molecule has 1 aromatic carbocycles. The molecule has 0 aliphatic heterocycles. The Kier molecular flexibility index (Phi) is 2.40. The predicted molar refractivity (Wildman–Crippen MR) is 59.5 cm³/mol. The van der Waals surface area contributed by atoms with Gasteiger partial charge in [-0.2, -0.15) is 0 Å². The van der Waals surface area contributed by atoms with Gasteiger partial charge in [0.05, 0.1) is 4.90 Å². The van der Waals surface area contributed by atoms with Crippen molar-refractivity contribution in [1.82, 2.24) is 4.98 Å². The van der Waals surface area contributed by atoms with E-state index < -0.39 is 9.05 Å². The van der Waals surface area contributed by atoms with Crippen LogP contribution in [0.2, 0.25) is 0 Å². The number of benzene rings is 1. The van der Waals surface area contributed by atoms with Crippen LogP contribution in [0.4, 0.5) is 0 Å². The molecule has 5 heteroatoms. The van der Waals surface area contributed by atoms with E-state index in [0.717, 1.165) is 11.1 Å². The molecule has 0 aliphatic rings. The average molecular weight is 242 g/mol. The summed E-state index contributed by atoms with van der Waals surface area (Å²) in [7, 11) is 1.61. The van der Waals surface area contributed by atoms with Gasteiger partial charge in [0.15, 0.2) is 0 Å². The lowest BCUT2D eigenvalue weighted by atomic mass is 10.1. The Morgan fingerprint density at radius 2 is 2.07 bits per heavy atom. The van der Waals surface area contributed by atoms with Crippen molar-refractivity contribution >= 4 is 30.5 Å². The normalized spacial score (nSPS) is 11.9. The zero-order valence-corrected chi connectivity index (χ0v) is 9.51. The topological polar surface area (TPSA) is 47.0 Å². The molecular weight excluding hydrogens is 234 g/mol. The summed E-state index contributed by atoms with van der Waals surface area (Å²) in [6, 6.07) is 6.79. The van der Waals surface area contributed by atoms with Gasteiger partial charge < -0.3 is 0 Å². The molecule has 1 heterocycles. The van der Waals surface area contributed by atoms with Crippen molar-refractivity contribution in [2.45, 2.75) is 11.8 Å². The van der Waals surface area contributed by atoms with Gasteiger partial charge in [0, 0.05) is 28.0 Å². The quantitative estimate of drug-likeness (QED) is 0.721. The highest BCUT2D eigenvalue weighted by Gasteiger charge is 2.13. The summed E-state index contributed by atoms with van der Waals surface area (Å²) < 4.78 is 22.5. The number of rotatable bonds is 1. The maximum atomic E-state index is 11.3. The van der Waals surface area contributed by atoms with Crippen molar-refractivity contribution in [3.63, 3.8) is 0 Å². The first-order chi connectivity index (χ1) is 6.98. The molecule has 0 unspecified atom stereocenters. The number of hydrogen-bond donors (Lipinski definition) is 0. The fourth-order valence-corrected chi connectivity index (χ4v) is 2.54. The molecule has 0 spiro atoms. The van der Waals surface area contributed by atoms with Gasteiger partial charge in [0.2, 0.25) is 0 Å². The summed E-state index contributed by atoms with van der Waals surface area (Å²) in [5.74, 6) is 0. The van der Waals surface area contributed by atoms with Crippen molar-refractivity contribution in [2.24, 2.45) is 0 Å². The Morgan fingerprint density at radius 3 is 2.73 bits per heavy atom. The molecular formula is C10H8ClNO2S. The average Bonchev–Trinajstić information content (AvgIpc) is 2.15. The predicted octanol–water partition coefficient (Wildman–Crippen LogP) is 2.47. The van der Waals surface area contributed by atoms with E-state index in [9.17, 15) is 8.42 Å². The molecule has 0 aliphatic carbocycles. The number of aromatic nitrogens is 1. The van der Waals surface area contributed by atoms with E-state index in [1.54, 1.807) is 6.07 Å². The third kappa shape index (κ3) is 1.96. The SMILES string of the molecule is Cc1cc2cccc(S(=O)(=O)Cl)c2cn1. The van der Waals surface area contributed by atoms with Crippen LogP contribution < -0.4 is 0 Å². The molecule has 0 atom stereocenters. The molecule has 15 heavy (non-hydrogen) atoms. The summed E-state index contributed by atoms with van der Waals surface area (Å²) in [4.78, 5) is 4.16. The molecule has 0 saturated heterocycles. The van der Waals surface area contributed by atoms with Gasteiger partial charge in [-0.05, 0) is 24.4 Å². The molecule has 1 aromatic heterocycles. The van der Waals surface area contributed by atoms with Crippen LogP contribution in [-0.2, 0) is 9.05 Å². The van der Waals surface area contributed by atoms with Crippen LogP contribution in [0.1, 0.15) is 5.69 Å². The van der Waals surface area contributed by atoms with Gasteiger partial charge >= 0.3 is 0 Å². The molecule has 0 radical (unpaired) electrons. The van der Waals surface area contributed by atoms with Crippen molar-refractivity contribution < 1.29 is 8.42 Å². The molecule has 2 rings (SSSR count). The molecule has 3 nitrogen and oxygen atoms in total. The van der Waals surface area contributed by atoms with Crippen molar-refractivity contribution in [3.8, 4) is 0 Å². The molecule has 0 amide bonds. The Morgan fingerprint density at radius 1 is 1.33 bits per heavy atom. The second-order valence-electron chi connectivity index (χ2n) is 3.24. The number of aryl methyl sites for hydroxylation is 1. The van der Waals surface area contributed by atoms with Gasteiger partial charge in [-0.1, -0.05) is 12.1 Å². The number of hydrogen-bond acceptors (Lipinski definition) is 3. The maximum Gasteiger partial charge on any atom is 0.261 e. The smallest absolute Gasteiger partial charge is 0.261 e. The summed E-state index contributed by atoms with van der Waals surface area (Å²) in [6.07, 6.45) is 1.53. The minimum absolute atomic E-state index is 0.106. The van der Waals surface area contributed by atoms with E-state index >= 15 is 0 Å². The third-order valence-electron chi connectivity index (χ3n) is 2.12. The molecule has 78 valence electrons. The van der Waals surface area contributed by atoms with E-state index in [-0.39, 0.29) is 4.90 Å². The van der Waals surface area contributed by atoms with Gasteiger partial charge in [0.1, 0.15) is 0 Å². The molecule has 2 aromatic rings. The Hall–Kier alpha value is -1.13. The summed E-state index contributed by atoms with van der Waals surface area (Å²) in [5, 5.41) is 1.38. The van der Waals surface area contributed by atoms with Gasteiger partial charge in [-0.15, -0.1) is 0 Å². The first kappa shape index (κ1) is 10.4. The van der Waals surface area contributed by atoms with Crippen LogP contribution in [0.25, 0.3) is 10.8 Å². The van der Waals surface area contributed by atoms with Crippen molar-refractivity contribution in [1.29, 1.82) is 0 Å². The van der Waals surface area contributed by atoms with Gasteiger partial charge in [-0.3, -0.25) is 4.98 Å². The molecule has 0 saturated carbocycles. The molecule has 0 fully saturated rings. The van der Waals surface area contributed by atoms with Crippen LogP contribution in [0.15, 0.2) is 35.4 Å². The minimum Gasteiger partial charge on any atom is -0.261 e. The van der Waals surface area contributed by atoms with E-state index in [0.29, 0.717) is 5.39 Å². The van der Waals surface area contributed by atoms with Gasteiger partial charge in [0.25, 0.3) is 9.05 Å². The lowest BCUT2D eigenvalue weighted by molar-refractivity contribution is 0.610. The molecule has 0 bridgehead atoms. The van der Waals surface area contributed by atoms with Crippen LogP contribution in [0, 0.1) is 6.92 Å². The molecule has 0 N–H and O–H groups in total. The van der Waals surface area contributed by atoms with Crippen LogP contribution in [-0.4, -0.2) is 13.4 Å². The zero-order valence-electron chi connectivity index (χ0n) is 7.94. The lowest BCUT2D eigenvalue weighted by Crippen LogP contribution is -1.93. The fraction of sp³-hybridized carbons (Fsp3) is 0.100. The van der Waals surface area contributed by atoms with Crippen LogP contribution in [0.3, 0.4) is 0 Å². The first-order valence-electron chi connectivity index (χ1n) is 4.28. The second-order valence-corrected chi connectivity index (χ2v) is 5.78. The highest BCUT2D eigenvalue weighted by molar-refractivity contribution is 8.14. The monoisotopic (exact) mass is 241 g/mol. The van der Waals surface area contributed by atoms with Crippen LogP contribution >= 0.6 is 10.7 Å². The minimum atomic E-state index is -3.71. The standard InChI is InChI=1S/C10H8ClNO2S/c1-7-5-8-3-2-4-10(15(11,13)14)9(8)6-12-7/h2-6H,1H3. The third-order valence-corrected chi connectivity index (χ3v) is 3.50. The van der Waals surface area contributed by atoms with Crippen LogP contribution in [0.5, 0.6) is 0 Å². The number of fused-ring (bicyclic) bond motifs is 1. The van der Waals surface area contributed by atoms with E-state index in [1.807, 2.05) is 19.1 Å². The summed E-state index contributed by atoms with van der Waals surface area (Å²) >= 11 is 0.